The van der Waals surface area contributed by atoms with E-state index in [1.54, 1.807) is 18.0 Å². The van der Waals surface area contributed by atoms with Crippen molar-refractivity contribution in [2.75, 3.05) is 20.2 Å². The van der Waals surface area contributed by atoms with Gasteiger partial charge in [-0.05, 0) is 26.0 Å². The minimum absolute atomic E-state index is 0.0116. The van der Waals surface area contributed by atoms with Crippen LogP contribution in [0.25, 0.3) is 0 Å². The molecule has 2 rings (SSSR count). The number of para-hydroxylation sites is 2. The molecular weight excluding hydrogens is 242 g/mol. The fraction of sp³-hybridized carbons (Fsp3) is 0.400. The number of carbonyl (C=O) groups is 1. The van der Waals surface area contributed by atoms with Gasteiger partial charge in [-0.25, -0.2) is 0 Å². The fourth-order valence-electron chi connectivity index (χ4n) is 1.91. The highest BCUT2D eigenvalue weighted by atomic mass is 16.6. The summed E-state index contributed by atoms with van der Waals surface area (Å²) < 4.78 is 11.4. The molecule has 0 fully saturated rings. The van der Waals surface area contributed by atoms with Crippen molar-refractivity contribution in [3.63, 3.8) is 0 Å². The van der Waals surface area contributed by atoms with Gasteiger partial charge in [0.05, 0.1) is 6.54 Å². The minimum atomic E-state index is -0.130. The molecule has 0 aromatic heterocycles. The van der Waals surface area contributed by atoms with E-state index in [0.717, 1.165) is 17.1 Å². The number of carbonyl (C=O) groups excluding carboxylic acids is 1. The molecule has 0 N–H and O–H groups in total. The Morgan fingerprint density at radius 2 is 2.05 bits per heavy atom. The van der Waals surface area contributed by atoms with Crippen LogP contribution in [0.5, 0.6) is 11.5 Å². The highest BCUT2D eigenvalue weighted by molar-refractivity contribution is 5.87. The van der Waals surface area contributed by atoms with Crippen LogP contribution in [-0.4, -0.2) is 37.1 Å². The zero-order valence-electron chi connectivity index (χ0n) is 11.6. The summed E-state index contributed by atoms with van der Waals surface area (Å²) in [6.07, 6.45) is 1.49. The predicted molar refractivity (Wildman–Crippen MR) is 73.4 cm³/mol. The molecular formula is C15H19NO3. The number of allylic oxidation sites excluding steroid dienone is 1. The highest BCUT2D eigenvalue weighted by Crippen LogP contribution is 2.30. The van der Waals surface area contributed by atoms with E-state index >= 15 is 0 Å². The van der Waals surface area contributed by atoms with Crippen molar-refractivity contribution in [1.82, 2.24) is 4.90 Å². The number of ether oxygens (including phenoxy) is 2. The van der Waals surface area contributed by atoms with Gasteiger partial charge in [-0.2, -0.15) is 0 Å². The first kappa shape index (κ1) is 13.5. The standard InChI is InChI=1S/C15H19NO3/c1-11(2)8-15(17)16(3)9-12-10-18-13-6-4-5-7-14(13)19-12/h4-8,12H,9-10H2,1-3H3/t12-/m0/s1. The number of fused-ring (bicyclic) bond motifs is 1. The largest absolute Gasteiger partial charge is 0.486 e. The van der Waals surface area contributed by atoms with E-state index in [2.05, 4.69) is 0 Å². The van der Waals surface area contributed by atoms with Crippen LogP contribution < -0.4 is 9.47 Å². The summed E-state index contributed by atoms with van der Waals surface area (Å²) >= 11 is 0. The van der Waals surface area contributed by atoms with Gasteiger partial charge in [-0.15, -0.1) is 0 Å². The van der Waals surface area contributed by atoms with Crippen LogP contribution in [0.1, 0.15) is 13.8 Å². The van der Waals surface area contributed by atoms with Crippen LogP contribution in [0.4, 0.5) is 0 Å². The van der Waals surface area contributed by atoms with Crippen LogP contribution in [0.3, 0.4) is 0 Å². The van der Waals surface area contributed by atoms with Gasteiger partial charge in [0.1, 0.15) is 6.61 Å². The first-order valence-electron chi connectivity index (χ1n) is 6.34. The number of benzene rings is 1. The van der Waals surface area contributed by atoms with Crippen LogP contribution in [0.15, 0.2) is 35.9 Å². The topological polar surface area (TPSA) is 38.8 Å². The molecule has 1 amide bonds. The third-order valence-electron chi connectivity index (χ3n) is 2.83. The Balaban J connectivity index is 1.95. The third kappa shape index (κ3) is 3.50. The molecule has 102 valence electrons. The second-order valence-corrected chi connectivity index (χ2v) is 4.94. The van der Waals surface area contributed by atoms with Gasteiger partial charge < -0.3 is 14.4 Å². The molecule has 0 spiro atoms. The third-order valence-corrected chi connectivity index (χ3v) is 2.83. The van der Waals surface area contributed by atoms with Crippen LogP contribution in [0.2, 0.25) is 0 Å². The predicted octanol–water partition coefficient (Wildman–Crippen LogP) is 2.25. The molecule has 1 atom stereocenters. The molecule has 0 saturated heterocycles. The van der Waals surface area contributed by atoms with Crippen LogP contribution >= 0.6 is 0 Å². The Morgan fingerprint density at radius 1 is 1.37 bits per heavy atom. The van der Waals surface area contributed by atoms with Crippen molar-refractivity contribution in [2.45, 2.75) is 20.0 Å². The van der Waals surface area contributed by atoms with E-state index in [1.165, 1.54) is 0 Å². The lowest BCUT2D eigenvalue weighted by molar-refractivity contribution is -0.126. The summed E-state index contributed by atoms with van der Waals surface area (Å²) in [5.41, 5.74) is 0.989. The Labute approximate surface area is 113 Å². The number of nitrogens with zero attached hydrogens (tertiary/aromatic N) is 1. The molecule has 1 aromatic carbocycles. The van der Waals surface area contributed by atoms with Gasteiger partial charge in [0.15, 0.2) is 17.6 Å². The second kappa shape index (κ2) is 5.78. The van der Waals surface area contributed by atoms with Gasteiger partial charge >= 0.3 is 0 Å². The zero-order valence-corrected chi connectivity index (χ0v) is 11.6. The van der Waals surface area contributed by atoms with E-state index < -0.39 is 0 Å². The quantitative estimate of drug-likeness (QED) is 0.783. The van der Waals surface area contributed by atoms with Crippen molar-refractivity contribution in [3.8, 4) is 11.5 Å². The van der Waals surface area contributed by atoms with E-state index in [1.807, 2.05) is 38.1 Å². The number of rotatable bonds is 3. The van der Waals surface area contributed by atoms with E-state index in [9.17, 15) is 4.79 Å². The molecule has 0 unspecified atom stereocenters. The van der Waals surface area contributed by atoms with Crippen molar-refractivity contribution in [1.29, 1.82) is 0 Å². The molecule has 1 aromatic rings. The lowest BCUT2D eigenvalue weighted by atomic mass is 10.2. The van der Waals surface area contributed by atoms with Crippen molar-refractivity contribution >= 4 is 5.91 Å². The maximum absolute atomic E-state index is 11.8. The smallest absolute Gasteiger partial charge is 0.246 e. The molecule has 0 radical (unpaired) electrons. The molecule has 1 heterocycles. The summed E-state index contributed by atoms with van der Waals surface area (Å²) in [5, 5.41) is 0. The number of hydrogen-bond donors (Lipinski definition) is 0. The minimum Gasteiger partial charge on any atom is -0.486 e. The Morgan fingerprint density at radius 3 is 2.74 bits per heavy atom. The highest BCUT2D eigenvalue weighted by Gasteiger charge is 2.22. The molecule has 0 saturated carbocycles. The maximum Gasteiger partial charge on any atom is 0.246 e. The average Bonchev–Trinajstić information content (AvgIpc) is 2.37. The van der Waals surface area contributed by atoms with Gasteiger partial charge in [-0.1, -0.05) is 17.7 Å². The lowest BCUT2D eigenvalue weighted by Gasteiger charge is -2.29. The summed E-state index contributed by atoms with van der Waals surface area (Å²) in [6, 6.07) is 7.57. The first-order valence-corrected chi connectivity index (χ1v) is 6.34. The molecule has 4 nitrogen and oxygen atoms in total. The van der Waals surface area contributed by atoms with Gasteiger partial charge in [0.25, 0.3) is 0 Å². The molecule has 4 heteroatoms. The Bertz CT molecular complexity index is 492. The Kier molecular flexibility index (Phi) is 4.10. The molecule has 0 aliphatic carbocycles. The summed E-state index contributed by atoms with van der Waals surface area (Å²) in [5.74, 6) is 1.49. The number of amides is 1. The lowest BCUT2D eigenvalue weighted by Crippen LogP contribution is -2.41. The van der Waals surface area contributed by atoms with E-state index in [-0.39, 0.29) is 12.0 Å². The van der Waals surface area contributed by atoms with Crippen LogP contribution in [0, 0.1) is 0 Å². The molecule has 19 heavy (non-hydrogen) atoms. The van der Waals surface area contributed by atoms with Crippen molar-refractivity contribution in [2.24, 2.45) is 0 Å². The van der Waals surface area contributed by atoms with Gasteiger partial charge in [0.2, 0.25) is 5.91 Å². The van der Waals surface area contributed by atoms with E-state index in [4.69, 9.17) is 9.47 Å². The normalized spacial score (nSPS) is 16.7. The average molecular weight is 261 g/mol. The maximum atomic E-state index is 11.8. The second-order valence-electron chi connectivity index (χ2n) is 4.94. The first-order chi connectivity index (χ1) is 9.06. The van der Waals surface area contributed by atoms with E-state index in [0.29, 0.717) is 13.2 Å². The number of hydrogen-bond acceptors (Lipinski definition) is 3. The fourth-order valence-corrected chi connectivity index (χ4v) is 1.91. The molecule has 1 aliphatic rings. The number of likely N-dealkylation sites (N-methyl/N-ethyl adjacent to an activating group) is 1. The summed E-state index contributed by atoms with van der Waals surface area (Å²) in [6.45, 7) is 4.78. The summed E-state index contributed by atoms with van der Waals surface area (Å²) in [4.78, 5) is 13.5. The van der Waals surface area contributed by atoms with Crippen LogP contribution in [-0.2, 0) is 4.79 Å². The zero-order chi connectivity index (χ0) is 13.8. The SMILES string of the molecule is CC(C)=CC(=O)N(C)C[C@H]1COc2ccccc2O1. The molecule has 1 aliphatic heterocycles. The van der Waals surface area contributed by atoms with Crippen molar-refractivity contribution in [3.05, 3.63) is 35.9 Å². The molecule has 0 bridgehead atoms. The monoisotopic (exact) mass is 261 g/mol. The van der Waals surface area contributed by atoms with Crippen molar-refractivity contribution < 1.29 is 14.3 Å². The van der Waals surface area contributed by atoms with Gasteiger partial charge in [0, 0.05) is 13.1 Å². The van der Waals surface area contributed by atoms with Gasteiger partial charge in [-0.3, -0.25) is 4.79 Å². The Hall–Kier alpha value is -1.97. The summed E-state index contributed by atoms with van der Waals surface area (Å²) in [7, 11) is 1.77.